The molecule has 0 fully saturated rings. The monoisotopic (exact) mass is 422 g/mol. The van der Waals surface area contributed by atoms with Gasteiger partial charge in [-0.1, -0.05) is 84.9 Å². The van der Waals surface area contributed by atoms with E-state index in [0.29, 0.717) is 0 Å². The molecule has 156 valence electrons. The van der Waals surface area contributed by atoms with Gasteiger partial charge in [-0.15, -0.1) is 0 Å². The highest BCUT2D eigenvalue weighted by atomic mass is 16.3. The van der Waals surface area contributed by atoms with Crippen molar-refractivity contribution in [3.8, 4) is 0 Å². The van der Waals surface area contributed by atoms with Gasteiger partial charge in [0.2, 0.25) is 0 Å². The van der Waals surface area contributed by atoms with Gasteiger partial charge in [-0.25, -0.2) is 0 Å². The predicted octanol–water partition coefficient (Wildman–Crippen LogP) is 8.94. The van der Waals surface area contributed by atoms with Crippen LogP contribution in [0.25, 0.3) is 54.3 Å². The Morgan fingerprint density at radius 1 is 0.545 bits per heavy atom. The van der Waals surface area contributed by atoms with Gasteiger partial charge in [-0.3, -0.25) is 0 Å². The molecule has 1 aromatic heterocycles. The first-order valence-corrected chi connectivity index (χ1v) is 11.5. The highest BCUT2D eigenvalue weighted by Gasteiger charge is 2.14. The van der Waals surface area contributed by atoms with Gasteiger partial charge in [0.1, 0.15) is 11.2 Å². The van der Waals surface area contributed by atoms with Gasteiger partial charge in [0.15, 0.2) is 0 Å². The molecule has 0 N–H and O–H groups in total. The van der Waals surface area contributed by atoms with Crippen LogP contribution in [0.4, 0.5) is 0 Å². The Hall–Kier alpha value is -4.10. The number of hydrogen-bond donors (Lipinski definition) is 0. The first-order chi connectivity index (χ1) is 16.3. The molecule has 0 saturated heterocycles. The van der Waals surface area contributed by atoms with Crippen molar-refractivity contribution >= 4 is 54.3 Å². The molecule has 7 rings (SSSR count). The van der Waals surface area contributed by atoms with Crippen LogP contribution < -0.4 is 0 Å². The molecule has 1 heteroatoms. The van der Waals surface area contributed by atoms with Crippen LogP contribution in [0.3, 0.4) is 0 Å². The van der Waals surface area contributed by atoms with E-state index in [0.717, 1.165) is 17.6 Å². The lowest BCUT2D eigenvalue weighted by Gasteiger charge is -2.15. The minimum Gasteiger partial charge on any atom is -0.456 e. The van der Waals surface area contributed by atoms with Gasteiger partial charge in [0.25, 0.3) is 0 Å². The smallest absolute Gasteiger partial charge is 0.136 e. The Kier molecular flexibility index (Phi) is 3.89. The molecule has 1 nitrogen and oxygen atoms in total. The molecule has 0 unspecified atom stereocenters. The Labute approximate surface area is 191 Å². The van der Waals surface area contributed by atoms with E-state index in [1.54, 1.807) is 0 Å². The minimum atomic E-state index is 0.884. The van der Waals surface area contributed by atoms with Crippen LogP contribution >= 0.6 is 0 Å². The summed E-state index contributed by atoms with van der Waals surface area (Å²) in [7, 11) is 0. The highest BCUT2D eigenvalue weighted by Crippen LogP contribution is 2.37. The summed E-state index contributed by atoms with van der Waals surface area (Å²) < 4.78 is 6.22. The van der Waals surface area contributed by atoms with Gasteiger partial charge in [0.05, 0.1) is 0 Å². The number of fused-ring (bicyclic) bond motifs is 7. The van der Waals surface area contributed by atoms with Crippen molar-refractivity contribution in [2.45, 2.75) is 13.3 Å². The van der Waals surface area contributed by atoms with Crippen molar-refractivity contribution in [1.82, 2.24) is 0 Å². The van der Waals surface area contributed by atoms with Gasteiger partial charge < -0.3 is 4.42 Å². The molecule has 0 saturated carbocycles. The zero-order chi connectivity index (χ0) is 21.9. The van der Waals surface area contributed by atoms with Crippen LogP contribution in [-0.4, -0.2) is 0 Å². The first kappa shape index (κ1) is 18.5. The molecule has 0 atom stereocenters. The van der Waals surface area contributed by atoms with Crippen molar-refractivity contribution in [2.24, 2.45) is 0 Å². The largest absolute Gasteiger partial charge is 0.456 e. The zero-order valence-electron chi connectivity index (χ0n) is 18.4. The summed E-state index contributed by atoms with van der Waals surface area (Å²) >= 11 is 0. The summed E-state index contributed by atoms with van der Waals surface area (Å²) in [6.07, 6.45) is 0.884. The van der Waals surface area contributed by atoms with E-state index in [1.165, 1.54) is 59.8 Å². The number of aryl methyl sites for hydroxylation is 1. The fourth-order valence-electron chi connectivity index (χ4n) is 5.54. The lowest BCUT2D eigenvalue weighted by atomic mass is 9.89. The summed E-state index contributed by atoms with van der Waals surface area (Å²) in [6, 6.07) is 37.1. The molecule has 0 aliphatic carbocycles. The van der Waals surface area contributed by atoms with Gasteiger partial charge in [0, 0.05) is 10.8 Å². The molecule has 0 bridgehead atoms. The third-order valence-electron chi connectivity index (χ3n) is 7.12. The predicted molar refractivity (Wildman–Crippen MR) is 140 cm³/mol. The first-order valence-electron chi connectivity index (χ1n) is 11.5. The van der Waals surface area contributed by atoms with Crippen LogP contribution in [0.5, 0.6) is 0 Å². The Morgan fingerprint density at radius 3 is 1.88 bits per heavy atom. The van der Waals surface area contributed by atoms with Crippen LogP contribution in [0.2, 0.25) is 0 Å². The second-order valence-electron chi connectivity index (χ2n) is 8.96. The molecule has 33 heavy (non-hydrogen) atoms. The van der Waals surface area contributed by atoms with Crippen molar-refractivity contribution in [3.63, 3.8) is 0 Å². The van der Waals surface area contributed by atoms with E-state index >= 15 is 0 Å². The van der Waals surface area contributed by atoms with E-state index in [4.69, 9.17) is 4.42 Å². The maximum atomic E-state index is 6.22. The van der Waals surface area contributed by atoms with Crippen molar-refractivity contribution in [3.05, 3.63) is 120 Å². The molecular weight excluding hydrogens is 400 g/mol. The van der Waals surface area contributed by atoms with Crippen molar-refractivity contribution < 1.29 is 4.42 Å². The molecule has 7 aromatic rings. The average Bonchev–Trinajstić information content (AvgIpc) is 3.25. The summed E-state index contributed by atoms with van der Waals surface area (Å²) in [4.78, 5) is 0. The second-order valence-corrected chi connectivity index (χ2v) is 8.96. The summed E-state index contributed by atoms with van der Waals surface area (Å²) in [6.45, 7) is 2.24. The van der Waals surface area contributed by atoms with E-state index in [1.807, 2.05) is 0 Å². The molecule has 6 aromatic carbocycles. The summed E-state index contributed by atoms with van der Waals surface area (Å²) in [5.74, 6) is 0. The third-order valence-corrected chi connectivity index (χ3v) is 7.12. The zero-order valence-corrected chi connectivity index (χ0v) is 18.4. The van der Waals surface area contributed by atoms with Crippen LogP contribution in [0, 0.1) is 6.92 Å². The molecule has 0 aliphatic heterocycles. The maximum absolute atomic E-state index is 6.22. The van der Waals surface area contributed by atoms with Crippen molar-refractivity contribution in [2.75, 3.05) is 0 Å². The molecular formula is C32H22O. The SMILES string of the molecule is Cc1c2ccccc2c(Cc2ccc3oc4ccc5ccccc5c4c3c2)c2ccccc12. The fourth-order valence-corrected chi connectivity index (χ4v) is 5.54. The lowest BCUT2D eigenvalue weighted by Crippen LogP contribution is -1.95. The minimum absolute atomic E-state index is 0.884. The number of furan rings is 1. The third kappa shape index (κ3) is 2.72. The molecule has 0 spiro atoms. The van der Waals surface area contributed by atoms with E-state index in [9.17, 15) is 0 Å². The van der Waals surface area contributed by atoms with E-state index in [-0.39, 0.29) is 0 Å². The van der Waals surface area contributed by atoms with Crippen LogP contribution in [0.15, 0.2) is 108 Å². The summed E-state index contributed by atoms with van der Waals surface area (Å²) in [5.41, 5.74) is 5.95. The van der Waals surface area contributed by atoms with Gasteiger partial charge in [-0.2, -0.15) is 0 Å². The van der Waals surface area contributed by atoms with Gasteiger partial charge in [-0.05, 0) is 80.6 Å². The highest BCUT2D eigenvalue weighted by molar-refractivity contribution is 6.18. The Bertz CT molecular complexity index is 1800. The summed E-state index contributed by atoms with van der Waals surface area (Å²) in [5, 5.41) is 10.3. The number of benzene rings is 6. The van der Waals surface area contributed by atoms with Crippen LogP contribution in [0.1, 0.15) is 16.7 Å². The molecule has 0 radical (unpaired) electrons. The standard InChI is InChI=1S/C32H22O/c1-20-23-9-4-6-12-26(23)28(27-13-7-5-10-24(20)27)18-21-14-16-30-29(19-21)32-25-11-3-2-8-22(25)15-17-31(32)33-30/h2-17,19H,18H2,1H3. The van der Waals surface area contributed by atoms with E-state index in [2.05, 4.69) is 110 Å². The van der Waals surface area contributed by atoms with Gasteiger partial charge >= 0.3 is 0 Å². The maximum Gasteiger partial charge on any atom is 0.136 e. The topological polar surface area (TPSA) is 13.1 Å². The quantitative estimate of drug-likeness (QED) is 0.253. The second kappa shape index (κ2) is 6.95. The lowest BCUT2D eigenvalue weighted by molar-refractivity contribution is 0.669. The molecule has 0 aliphatic rings. The average molecular weight is 423 g/mol. The normalized spacial score (nSPS) is 11.9. The Morgan fingerprint density at radius 2 is 1.15 bits per heavy atom. The molecule has 0 amide bonds. The van der Waals surface area contributed by atoms with Crippen molar-refractivity contribution in [1.29, 1.82) is 0 Å². The fraction of sp³-hybridized carbons (Fsp3) is 0.0625. The van der Waals surface area contributed by atoms with E-state index < -0.39 is 0 Å². The number of hydrogen-bond acceptors (Lipinski definition) is 1. The Balaban J connectivity index is 1.49. The number of rotatable bonds is 2. The molecule has 1 heterocycles. The van der Waals surface area contributed by atoms with Crippen LogP contribution in [-0.2, 0) is 6.42 Å².